The highest BCUT2D eigenvalue weighted by Gasteiger charge is 2.17. The van der Waals surface area contributed by atoms with E-state index in [0.29, 0.717) is 0 Å². The highest BCUT2D eigenvalue weighted by Crippen LogP contribution is 2.38. The molecule has 0 spiro atoms. The Morgan fingerprint density at radius 2 is 1.04 bits per heavy atom. The summed E-state index contributed by atoms with van der Waals surface area (Å²) in [5.41, 5.74) is 12.5. The van der Waals surface area contributed by atoms with Crippen molar-refractivity contribution in [1.29, 1.82) is 0 Å². The van der Waals surface area contributed by atoms with Gasteiger partial charge in [-0.1, -0.05) is 109 Å². The van der Waals surface area contributed by atoms with Gasteiger partial charge in [0.25, 0.3) is 0 Å². The van der Waals surface area contributed by atoms with Gasteiger partial charge in [0.2, 0.25) is 0 Å². The number of benzene rings is 7. The van der Waals surface area contributed by atoms with Crippen molar-refractivity contribution in [3.63, 3.8) is 0 Å². The standard InChI is InChI=1S/C48H32N2O/c1-2-11-34(12-3-1)49-43-18-7-4-13-37(43)41-29-32(23-27-45(41)49)33-24-28-46-42(30-33)38-14-5-8-19-44(38)50(46)35-25-21-31(22-26-35)36-16-10-17-40-39-15-6-9-20-47(39)51-48(36)40/h1-3,5-6,8-30H,4,7H2. The van der Waals surface area contributed by atoms with Gasteiger partial charge in [0.05, 0.1) is 16.6 Å². The maximum atomic E-state index is 6.37. The molecular weight excluding hydrogens is 621 g/mol. The third-order valence-electron chi connectivity index (χ3n) is 10.8. The predicted molar refractivity (Wildman–Crippen MR) is 213 cm³/mol. The van der Waals surface area contributed by atoms with Crippen LogP contribution >= 0.6 is 0 Å². The van der Waals surface area contributed by atoms with Crippen LogP contribution in [-0.2, 0) is 0 Å². The lowest BCUT2D eigenvalue weighted by atomic mass is 10.0. The summed E-state index contributed by atoms with van der Waals surface area (Å²) in [6.07, 6.45) is 6.96. The quantitative estimate of drug-likeness (QED) is 0.186. The molecule has 0 atom stereocenters. The molecule has 1 aliphatic carbocycles. The summed E-state index contributed by atoms with van der Waals surface area (Å²) in [6, 6.07) is 57.0. The minimum absolute atomic E-state index is 0.919. The van der Waals surface area contributed by atoms with Gasteiger partial charge in [-0.3, -0.25) is 0 Å². The van der Waals surface area contributed by atoms with Crippen LogP contribution < -0.4 is 10.6 Å². The number of aromatic nitrogens is 2. The molecule has 0 N–H and O–H groups in total. The second kappa shape index (κ2) is 11.0. The molecule has 0 bridgehead atoms. The van der Waals surface area contributed by atoms with Gasteiger partial charge in [-0.25, -0.2) is 0 Å². The van der Waals surface area contributed by atoms with Gasteiger partial charge in [-0.2, -0.15) is 0 Å². The largest absolute Gasteiger partial charge is 0.455 e. The Balaban J connectivity index is 1.04. The molecule has 0 unspecified atom stereocenters. The number of para-hydroxylation sites is 4. The van der Waals surface area contributed by atoms with E-state index in [9.17, 15) is 0 Å². The molecule has 1 aliphatic rings. The van der Waals surface area contributed by atoms with Crippen LogP contribution in [0.4, 0.5) is 0 Å². The molecule has 11 rings (SSSR count). The molecule has 3 heterocycles. The van der Waals surface area contributed by atoms with E-state index in [4.69, 9.17) is 4.42 Å². The average Bonchev–Trinajstić information content (AvgIpc) is 3.86. The summed E-state index contributed by atoms with van der Waals surface area (Å²) in [4.78, 5) is 0. The maximum Gasteiger partial charge on any atom is 0.143 e. The van der Waals surface area contributed by atoms with E-state index in [0.717, 1.165) is 51.6 Å². The van der Waals surface area contributed by atoms with Gasteiger partial charge in [0, 0.05) is 54.4 Å². The fraction of sp³-hybridized carbons (Fsp3) is 0.0417. The van der Waals surface area contributed by atoms with E-state index in [1.807, 2.05) is 12.1 Å². The van der Waals surface area contributed by atoms with Crippen LogP contribution in [-0.4, -0.2) is 9.13 Å². The van der Waals surface area contributed by atoms with Gasteiger partial charge in [-0.15, -0.1) is 0 Å². The molecule has 0 amide bonds. The lowest BCUT2D eigenvalue weighted by Crippen LogP contribution is -2.30. The molecule has 51 heavy (non-hydrogen) atoms. The Hall–Kier alpha value is -6.58. The highest BCUT2D eigenvalue weighted by atomic mass is 16.3. The Morgan fingerprint density at radius 3 is 1.88 bits per heavy atom. The van der Waals surface area contributed by atoms with E-state index in [2.05, 4.69) is 167 Å². The van der Waals surface area contributed by atoms with E-state index >= 15 is 0 Å². The van der Waals surface area contributed by atoms with Gasteiger partial charge in [-0.05, 0) is 90.2 Å². The molecule has 0 aliphatic heterocycles. The molecular formula is C48H32N2O. The maximum absolute atomic E-state index is 6.37. The second-order valence-corrected chi connectivity index (χ2v) is 13.6. The van der Waals surface area contributed by atoms with Crippen molar-refractivity contribution in [3.8, 4) is 33.6 Å². The number of nitrogens with zero attached hydrogens (tertiary/aromatic N) is 2. The number of rotatable bonds is 4. The van der Waals surface area contributed by atoms with E-state index in [1.165, 1.54) is 60.1 Å². The van der Waals surface area contributed by atoms with Crippen LogP contribution in [0.1, 0.15) is 12.8 Å². The van der Waals surface area contributed by atoms with Crippen molar-refractivity contribution >= 4 is 66.8 Å². The first-order valence-electron chi connectivity index (χ1n) is 17.8. The first kappa shape index (κ1) is 28.3. The van der Waals surface area contributed by atoms with Crippen molar-refractivity contribution < 1.29 is 4.42 Å². The van der Waals surface area contributed by atoms with Crippen molar-refractivity contribution in [3.05, 3.63) is 168 Å². The van der Waals surface area contributed by atoms with Crippen LogP contribution in [0.2, 0.25) is 0 Å². The topological polar surface area (TPSA) is 23.0 Å². The minimum atomic E-state index is 0.919. The summed E-state index contributed by atoms with van der Waals surface area (Å²) in [5.74, 6) is 0. The first-order valence-corrected chi connectivity index (χ1v) is 17.8. The SMILES string of the molecule is C1=c2c(n(-c3ccccc3)c3ccc(-c4ccc5c(c4)c4ccccc4n5-c4ccc(-c5cccc6c5oc5ccccc56)cc4)cc23)=CCC1. The zero-order valence-corrected chi connectivity index (χ0v) is 27.9. The fourth-order valence-electron chi connectivity index (χ4n) is 8.43. The van der Waals surface area contributed by atoms with Crippen LogP contribution in [0.25, 0.3) is 100 Å². The molecule has 0 saturated heterocycles. The van der Waals surface area contributed by atoms with E-state index < -0.39 is 0 Å². The Bertz CT molecular complexity index is 3120. The summed E-state index contributed by atoms with van der Waals surface area (Å²) in [7, 11) is 0. The molecule has 3 nitrogen and oxygen atoms in total. The van der Waals surface area contributed by atoms with E-state index in [-0.39, 0.29) is 0 Å². The van der Waals surface area contributed by atoms with Gasteiger partial charge < -0.3 is 13.6 Å². The molecule has 240 valence electrons. The summed E-state index contributed by atoms with van der Waals surface area (Å²) < 4.78 is 11.2. The van der Waals surface area contributed by atoms with Crippen LogP contribution in [0, 0.1) is 0 Å². The van der Waals surface area contributed by atoms with Crippen molar-refractivity contribution in [1.82, 2.24) is 9.13 Å². The molecule has 10 aromatic rings. The third kappa shape index (κ3) is 4.25. The molecule has 0 fully saturated rings. The zero-order chi connectivity index (χ0) is 33.5. The number of furan rings is 1. The van der Waals surface area contributed by atoms with Crippen molar-refractivity contribution in [2.24, 2.45) is 0 Å². The minimum Gasteiger partial charge on any atom is -0.455 e. The number of fused-ring (bicyclic) bond motifs is 9. The van der Waals surface area contributed by atoms with Crippen LogP contribution in [0.15, 0.2) is 162 Å². The Morgan fingerprint density at radius 1 is 0.412 bits per heavy atom. The van der Waals surface area contributed by atoms with Crippen molar-refractivity contribution in [2.45, 2.75) is 12.8 Å². The average molecular weight is 653 g/mol. The fourth-order valence-corrected chi connectivity index (χ4v) is 8.43. The van der Waals surface area contributed by atoms with Crippen LogP contribution in [0.3, 0.4) is 0 Å². The van der Waals surface area contributed by atoms with Crippen LogP contribution in [0.5, 0.6) is 0 Å². The summed E-state index contributed by atoms with van der Waals surface area (Å²) >= 11 is 0. The number of hydrogen-bond donors (Lipinski definition) is 0. The lowest BCUT2D eigenvalue weighted by molar-refractivity contribution is 0.670. The zero-order valence-electron chi connectivity index (χ0n) is 27.9. The highest BCUT2D eigenvalue weighted by molar-refractivity contribution is 6.11. The van der Waals surface area contributed by atoms with Crippen molar-refractivity contribution in [2.75, 3.05) is 0 Å². The van der Waals surface area contributed by atoms with Gasteiger partial charge >= 0.3 is 0 Å². The molecule has 0 saturated carbocycles. The smallest absolute Gasteiger partial charge is 0.143 e. The monoisotopic (exact) mass is 652 g/mol. The summed E-state index contributed by atoms with van der Waals surface area (Å²) in [5, 5.41) is 8.76. The van der Waals surface area contributed by atoms with Gasteiger partial charge in [0.1, 0.15) is 11.2 Å². The third-order valence-corrected chi connectivity index (χ3v) is 10.8. The Labute approximate surface area is 294 Å². The summed E-state index contributed by atoms with van der Waals surface area (Å²) in [6.45, 7) is 0. The molecule has 7 aromatic carbocycles. The second-order valence-electron chi connectivity index (χ2n) is 13.6. The lowest BCUT2D eigenvalue weighted by Gasteiger charge is -2.10. The molecule has 0 radical (unpaired) electrons. The number of hydrogen-bond acceptors (Lipinski definition) is 1. The first-order chi connectivity index (χ1) is 25.3. The Kier molecular flexibility index (Phi) is 6.08. The molecule has 3 aromatic heterocycles. The van der Waals surface area contributed by atoms with Gasteiger partial charge in [0.15, 0.2) is 0 Å². The normalized spacial score (nSPS) is 12.9. The predicted octanol–water partition coefficient (Wildman–Crippen LogP) is 11.3. The molecule has 3 heteroatoms. The van der Waals surface area contributed by atoms with E-state index in [1.54, 1.807) is 0 Å².